The van der Waals surface area contributed by atoms with E-state index in [0.717, 1.165) is 52.1 Å². The number of carbonyl (C=O) groups excluding carboxylic acids is 2. The Morgan fingerprint density at radius 1 is 1.08 bits per heavy atom. The summed E-state index contributed by atoms with van der Waals surface area (Å²) in [7, 11) is 0. The third-order valence-corrected chi connectivity index (χ3v) is 6.09. The van der Waals surface area contributed by atoms with E-state index >= 15 is 0 Å². The number of Topliss-reactive ketones (excluding diaryl/α,β-unsaturated/α-hetero) is 1. The van der Waals surface area contributed by atoms with Crippen LogP contribution < -0.4 is 5.32 Å². The summed E-state index contributed by atoms with van der Waals surface area (Å²) in [6.45, 7) is 10.9. The third-order valence-electron chi connectivity index (χ3n) is 6.09. The van der Waals surface area contributed by atoms with Crippen LogP contribution in [-0.2, 0) is 14.3 Å². The van der Waals surface area contributed by atoms with Crippen LogP contribution in [-0.4, -0.2) is 56.0 Å². The van der Waals surface area contributed by atoms with E-state index in [-0.39, 0.29) is 28.9 Å². The molecule has 5 nitrogen and oxygen atoms in total. The molecule has 24 heavy (non-hydrogen) atoms. The quantitative estimate of drug-likeness (QED) is 0.830. The number of nitrogens with zero attached hydrogens (tertiary/aromatic N) is 1. The molecule has 2 aliphatic carbocycles. The second-order valence-corrected chi connectivity index (χ2v) is 8.74. The van der Waals surface area contributed by atoms with Crippen molar-refractivity contribution in [2.45, 2.75) is 40.0 Å². The van der Waals surface area contributed by atoms with Crippen LogP contribution in [0.3, 0.4) is 0 Å². The molecule has 3 fully saturated rings. The van der Waals surface area contributed by atoms with Gasteiger partial charge in [0, 0.05) is 37.5 Å². The summed E-state index contributed by atoms with van der Waals surface area (Å²) >= 11 is 0. The molecule has 1 amide bonds. The van der Waals surface area contributed by atoms with Crippen molar-refractivity contribution in [1.29, 1.82) is 0 Å². The largest absolute Gasteiger partial charge is 0.379 e. The molecule has 0 radical (unpaired) electrons. The lowest BCUT2D eigenvalue weighted by Gasteiger charge is -2.33. The van der Waals surface area contributed by atoms with E-state index in [1.165, 1.54) is 0 Å². The Labute approximate surface area is 145 Å². The molecule has 2 bridgehead atoms. The summed E-state index contributed by atoms with van der Waals surface area (Å²) in [4.78, 5) is 28.0. The highest BCUT2D eigenvalue weighted by Crippen LogP contribution is 2.54. The number of hydrogen-bond acceptors (Lipinski definition) is 4. The zero-order valence-electron chi connectivity index (χ0n) is 15.3. The highest BCUT2D eigenvalue weighted by molar-refractivity contribution is 5.92. The molecule has 136 valence electrons. The molecular weight excluding hydrogens is 304 g/mol. The first-order valence-corrected chi connectivity index (χ1v) is 9.50. The van der Waals surface area contributed by atoms with Crippen LogP contribution in [0.25, 0.3) is 0 Å². The molecule has 1 aliphatic heterocycles. The molecule has 2 saturated carbocycles. The fraction of sp³-hybridized carbons (Fsp3) is 0.895. The number of fused-ring (bicyclic) bond motifs is 2. The first kappa shape index (κ1) is 17.9. The minimum atomic E-state index is -0.360. The van der Waals surface area contributed by atoms with E-state index in [1.807, 2.05) is 20.8 Å². The van der Waals surface area contributed by atoms with Gasteiger partial charge in [0.2, 0.25) is 5.91 Å². The number of morpholine rings is 1. The van der Waals surface area contributed by atoms with Crippen molar-refractivity contribution >= 4 is 11.7 Å². The second kappa shape index (κ2) is 7.12. The smallest absolute Gasteiger partial charge is 0.224 e. The number of carbonyl (C=O) groups is 2. The number of amides is 1. The summed E-state index contributed by atoms with van der Waals surface area (Å²) in [5.74, 6) is 1.07. The fourth-order valence-electron chi connectivity index (χ4n) is 4.83. The predicted molar refractivity (Wildman–Crippen MR) is 92.5 cm³/mol. The van der Waals surface area contributed by atoms with Crippen LogP contribution in [0.2, 0.25) is 0 Å². The molecule has 5 heteroatoms. The first-order chi connectivity index (χ1) is 11.4. The summed E-state index contributed by atoms with van der Waals surface area (Å²) in [6, 6.07) is 0. The monoisotopic (exact) mass is 336 g/mol. The minimum Gasteiger partial charge on any atom is -0.379 e. The van der Waals surface area contributed by atoms with Crippen molar-refractivity contribution in [3.05, 3.63) is 0 Å². The Morgan fingerprint density at radius 3 is 2.33 bits per heavy atom. The number of ether oxygens (including phenoxy) is 1. The van der Waals surface area contributed by atoms with Crippen molar-refractivity contribution in [2.75, 3.05) is 39.4 Å². The van der Waals surface area contributed by atoms with Crippen LogP contribution in [0.4, 0.5) is 0 Å². The van der Waals surface area contributed by atoms with E-state index in [0.29, 0.717) is 18.4 Å². The summed E-state index contributed by atoms with van der Waals surface area (Å²) < 4.78 is 5.35. The highest BCUT2D eigenvalue weighted by Gasteiger charge is 2.54. The molecule has 0 aromatic heterocycles. The average Bonchev–Trinajstić information content (AvgIpc) is 3.15. The molecule has 0 spiro atoms. The number of nitrogens with one attached hydrogen (secondary N) is 1. The maximum absolute atomic E-state index is 12.9. The van der Waals surface area contributed by atoms with Crippen molar-refractivity contribution in [1.82, 2.24) is 10.2 Å². The number of ketones is 1. The van der Waals surface area contributed by atoms with Crippen LogP contribution in [0, 0.1) is 29.1 Å². The van der Waals surface area contributed by atoms with Gasteiger partial charge in [-0.25, -0.2) is 0 Å². The number of rotatable bonds is 5. The Morgan fingerprint density at radius 2 is 1.71 bits per heavy atom. The van der Waals surface area contributed by atoms with Crippen molar-refractivity contribution < 1.29 is 14.3 Å². The van der Waals surface area contributed by atoms with Gasteiger partial charge in [-0.3, -0.25) is 14.5 Å². The lowest BCUT2D eigenvalue weighted by Crippen LogP contribution is -2.46. The third kappa shape index (κ3) is 3.67. The number of hydrogen-bond donors (Lipinski definition) is 1. The molecule has 0 aromatic rings. The Bertz CT molecular complexity index is 479. The van der Waals surface area contributed by atoms with E-state index in [2.05, 4.69) is 10.2 Å². The zero-order chi connectivity index (χ0) is 17.3. The van der Waals surface area contributed by atoms with Gasteiger partial charge in [-0.2, -0.15) is 0 Å². The van der Waals surface area contributed by atoms with Gasteiger partial charge in [-0.1, -0.05) is 20.8 Å². The average molecular weight is 336 g/mol. The van der Waals surface area contributed by atoms with Gasteiger partial charge in [0.25, 0.3) is 0 Å². The molecule has 3 rings (SSSR count). The summed E-state index contributed by atoms with van der Waals surface area (Å²) in [5, 5.41) is 3.12. The molecule has 4 atom stereocenters. The van der Waals surface area contributed by atoms with Crippen molar-refractivity contribution in [3.8, 4) is 0 Å². The zero-order valence-corrected chi connectivity index (χ0v) is 15.3. The van der Waals surface area contributed by atoms with Gasteiger partial charge in [-0.05, 0) is 31.1 Å². The van der Waals surface area contributed by atoms with Crippen LogP contribution in [0.1, 0.15) is 40.0 Å². The lowest BCUT2D eigenvalue weighted by molar-refractivity contribution is -0.140. The standard InChI is InChI=1S/C19H32N2O3/c1-19(2,3)17(22)15-13-4-5-14(12-13)16(15)18(23)20-6-7-21-8-10-24-11-9-21/h13-16H,4-12H2,1-3H3,(H,20,23). The molecule has 3 aliphatic rings. The van der Waals surface area contributed by atoms with E-state index in [1.54, 1.807) is 0 Å². The molecule has 1 heterocycles. The molecule has 4 unspecified atom stereocenters. The van der Waals surface area contributed by atoms with Gasteiger partial charge >= 0.3 is 0 Å². The van der Waals surface area contributed by atoms with Crippen molar-refractivity contribution in [2.24, 2.45) is 29.1 Å². The van der Waals surface area contributed by atoms with E-state index in [9.17, 15) is 9.59 Å². The summed E-state index contributed by atoms with van der Waals surface area (Å²) in [6.07, 6.45) is 3.29. The fourth-order valence-corrected chi connectivity index (χ4v) is 4.83. The topological polar surface area (TPSA) is 58.6 Å². The SMILES string of the molecule is CC(C)(C)C(=O)C1C2CCC(C2)C1C(=O)NCCN1CCOCC1. The normalized spacial score (nSPS) is 33.6. The van der Waals surface area contributed by atoms with Crippen LogP contribution in [0.5, 0.6) is 0 Å². The Balaban J connectivity index is 1.57. The van der Waals surface area contributed by atoms with E-state index in [4.69, 9.17) is 4.74 Å². The predicted octanol–water partition coefficient (Wildman–Crippen LogP) is 1.71. The Kier molecular flexibility index (Phi) is 5.30. The highest BCUT2D eigenvalue weighted by atomic mass is 16.5. The van der Waals surface area contributed by atoms with Gasteiger partial charge in [0.1, 0.15) is 5.78 Å². The second-order valence-electron chi connectivity index (χ2n) is 8.74. The van der Waals surface area contributed by atoms with Crippen LogP contribution >= 0.6 is 0 Å². The lowest BCUT2D eigenvalue weighted by atomic mass is 9.70. The van der Waals surface area contributed by atoms with Gasteiger partial charge < -0.3 is 10.1 Å². The van der Waals surface area contributed by atoms with E-state index < -0.39 is 0 Å². The maximum atomic E-state index is 12.9. The van der Waals surface area contributed by atoms with Gasteiger partial charge in [0.05, 0.1) is 19.1 Å². The summed E-state index contributed by atoms with van der Waals surface area (Å²) in [5.41, 5.74) is -0.360. The maximum Gasteiger partial charge on any atom is 0.224 e. The Hall–Kier alpha value is -0.940. The van der Waals surface area contributed by atoms with Gasteiger partial charge in [-0.15, -0.1) is 0 Å². The molecule has 1 saturated heterocycles. The van der Waals surface area contributed by atoms with Crippen LogP contribution in [0.15, 0.2) is 0 Å². The molecule has 0 aromatic carbocycles. The van der Waals surface area contributed by atoms with Gasteiger partial charge in [0.15, 0.2) is 0 Å². The molecular formula is C19H32N2O3. The van der Waals surface area contributed by atoms with Crippen molar-refractivity contribution in [3.63, 3.8) is 0 Å². The molecule has 1 N–H and O–H groups in total. The minimum absolute atomic E-state index is 0.0628. The first-order valence-electron chi connectivity index (χ1n) is 9.50.